The molecule has 0 heterocycles. The fraction of sp³-hybridized carbons (Fsp3) is 0.136. The van der Waals surface area contributed by atoms with Gasteiger partial charge in [0.15, 0.2) is 0 Å². The van der Waals surface area contributed by atoms with Crippen molar-refractivity contribution < 1.29 is 22.3 Å². The monoisotopic (exact) mass is 428 g/mol. The molecule has 0 fully saturated rings. The van der Waals surface area contributed by atoms with Gasteiger partial charge in [0.05, 0.1) is 17.7 Å². The van der Waals surface area contributed by atoms with Crippen molar-refractivity contribution in [2.24, 2.45) is 0 Å². The average molecular weight is 428 g/mol. The molecule has 0 unspecified atom stereocenters. The molecule has 0 radical (unpaired) electrons. The summed E-state index contributed by atoms with van der Waals surface area (Å²) in [6.45, 7) is 1.38. The zero-order valence-electron chi connectivity index (χ0n) is 16.5. The Morgan fingerprint density at radius 2 is 1.63 bits per heavy atom. The number of aryl methyl sites for hydroxylation is 1. The van der Waals surface area contributed by atoms with Crippen molar-refractivity contribution in [3.8, 4) is 5.75 Å². The zero-order chi connectivity index (χ0) is 21.7. The number of anilines is 2. The van der Waals surface area contributed by atoms with E-state index in [0.717, 1.165) is 22.0 Å². The van der Waals surface area contributed by atoms with Crippen LogP contribution in [0.3, 0.4) is 0 Å². The Labute approximate surface area is 175 Å². The van der Waals surface area contributed by atoms with Crippen LogP contribution in [-0.2, 0) is 14.8 Å². The number of methoxy groups -OCH3 is 1. The fourth-order valence-electron chi connectivity index (χ4n) is 2.83. The van der Waals surface area contributed by atoms with E-state index in [1.54, 1.807) is 36.4 Å². The van der Waals surface area contributed by atoms with Gasteiger partial charge in [0, 0.05) is 5.69 Å². The Morgan fingerprint density at radius 3 is 2.23 bits per heavy atom. The van der Waals surface area contributed by atoms with E-state index in [0.29, 0.717) is 11.4 Å². The summed E-state index contributed by atoms with van der Waals surface area (Å²) in [5.74, 6) is -0.518. The van der Waals surface area contributed by atoms with Crippen molar-refractivity contribution in [3.63, 3.8) is 0 Å². The third-order valence-electron chi connectivity index (χ3n) is 4.47. The number of para-hydroxylation sites is 1. The number of sulfonamides is 1. The van der Waals surface area contributed by atoms with E-state index in [1.165, 1.54) is 19.2 Å². The standard InChI is InChI=1S/C22H21FN2O4S/c1-16-5-3-4-6-21(16)24-22(26)15-25(18-9-11-19(29-2)12-10-18)30(27,28)20-13-7-17(23)8-14-20/h3-14H,15H2,1-2H3,(H,24,26). The number of halogens is 1. The minimum absolute atomic E-state index is 0.122. The van der Waals surface area contributed by atoms with Crippen molar-refractivity contribution in [2.45, 2.75) is 11.8 Å². The molecule has 156 valence electrons. The van der Waals surface area contributed by atoms with E-state index in [9.17, 15) is 17.6 Å². The number of carbonyl (C=O) groups excluding carboxylic acids is 1. The third-order valence-corrected chi connectivity index (χ3v) is 6.26. The number of carbonyl (C=O) groups is 1. The Kier molecular flexibility index (Phi) is 6.37. The van der Waals surface area contributed by atoms with Crippen LogP contribution in [0, 0.1) is 12.7 Å². The van der Waals surface area contributed by atoms with E-state index in [4.69, 9.17) is 4.74 Å². The van der Waals surface area contributed by atoms with Gasteiger partial charge in [0.1, 0.15) is 18.1 Å². The van der Waals surface area contributed by atoms with Gasteiger partial charge < -0.3 is 10.1 Å². The minimum atomic E-state index is -4.12. The van der Waals surface area contributed by atoms with Crippen LogP contribution >= 0.6 is 0 Å². The van der Waals surface area contributed by atoms with Crippen molar-refractivity contribution in [1.82, 2.24) is 0 Å². The van der Waals surface area contributed by atoms with E-state index in [2.05, 4.69) is 5.32 Å². The quantitative estimate of drug-likeness (QED) is 0.618. The summed E-state index contributed by atoms with van der Waals surface area (Å²) in [6.07, 6.45) is 0. The van der Waals surface area contributed by atoms with Crippen LogP contribution in [0.1, 0.15) is 5.56 Å². The van der Waals surface area contributed by atoms with Gasteiger partial charge in [-0.3, -0.25) is 9.10 Å². The minimum Gasteiger partial charge on any atom is -0.497 e. The first-order valence-electron chi connectivity index (χ1n) is 9.09. The van der Waals surface area contributed by atoms with Crippen molar-refractivity contribution >= 4 is 27.3 Å². The number of ether oxygens (including phenoxy) is 1. The number of rotatable bonds is 7. The largest absolute Gasteiger partial charge is 0.497 e. The fourth-order valence-corrected chi connectivity index (χ4v) is 4.25. The van der Waals surface area contributed by atoms with Crippen LogP contribution in [0.25, 0.3) is 0 Å². The lowest BCUT2D eigenvalue weighted by Crippen LogP contribution is -2.38. The predicted octanol–water partition coefficient (Wildman–Crippen LogP) is 3.98. The van der Waals surface area contributed by atoms with Crippen LogP contribution in [0.4, 0.5) is 15.8 Å². The Morgan fingerprint density at radius 1 is 1.00 bits per heavy atom. The molecule has 0 aliphatic carbocycles. The highest BCUT2D eigenvalue weighted by Crippen LogP contribution is 2.26. The first-order chi connectivity index (χ1) is 14.3. The summed E-state index contributed by atoms with van der Waals surface area (Å²) in [7, 11) is -2.63. The van der Waals surface area contributed by atoms with Crippen LogP contribution < -0.4 is 14.4 Å². The molecule has 0 atom stereocenters. The molecular formula is C22H21FN2O4S. The van der Waals surface area contributed by atoms with Crippen LogP contribution in [0.15, 0.2) is 77.7 Å². The molecule has 0 saturated carbocycles. The second kappa shape index (κ2) is 8.96. The van der Waals surface area contributed by atoms with Gasteiger partial charge in [-0.25, -0.2) is 12.8 Å². The molecule has 30 heavy (non-hydrogen) atoms. The lowest BCUT2D eigenvalue weighted by Gasteiger charge is -2.24. The molecule has 0 bridgehead atoms. The SMILES string of the molecule is COc1ccc(N(CC(=O)Nc2ccccc2C)S(=O)(=O)c2ccc(F)cc2)cc1. The van der Waals surface area contributed by atoms with Gasteiger partial charge in [0.2, 0.25) is 5.91 Å². The number of benzene rings is 3. The van der Waals surface area contributed by atoms with Gasteiger partial charge >= 0.3 is 0 Å². The normalized spacial score (nSPS) is 11.0. The summed E-state index contributed by atoms with van der Waals surface area (Å²) in [6, 6.07) is 17.9. The van der Waals surface area contributed by atoms with E-state index in [1.807, 2.05) is 19.1 Å². The van der Waals surface area contributed by atoms with Crippen LogP contribution in [0.2, 0.25) is 0 Å². The first kappa shape index (κ1) is 21.3. The number of nitrogens with zero attached hydrogens (tertiary/aromatic N) is 1. The lowest BCUT2D eigenvalue weighted by atomic mass is 10.2. The zero-order valence-corrected chi connectivity index (χ0v) is 17.3. The maximum Gasteiger partial charge on any atom is 0.264 e. The highest BCUT2D eigenvalue weighted by Gasteiger charge is 2.27. The second-order valence-electron chi connectivity index (χ2n) is 6.53. The number of amides is 1. The molecule has 0 aromatic heterocycles. The molecule has 3 aromatic rings. The van der Waals surface area contributed by atoms with Crippen molar-refractivity contribution in [1.29, 1.82) is 0 Å². The average Bonchev–Trinajstić information content (AvgIpc) is 2.74. The van der Waals surface area contributed by atoms with Crippen molar-refractivity contribution in [2.75, 3.05) is 23.3 Å². The number of hydrogen-bond donors (Lipinski definition) is 1. The topological polar surface area (TPSA) is 75.7 Å². The van der Waals surface area contributed by atoms with Gasteiger partial charge in [0.25, 0.3) is 10.0 Å². The van der Waals surface area contributed by atoms with Crippen molar-refractivity contribution in [3.05, 3.63) is 84.2 Å². The molecule has 1 amide bonds. The number of nitrogens with one attached hydrogen (secondary N) is 1. The van der Waals surface area contributed by atoms with Crippen LogP contribution in [-0.4, -0.2) is 28.0 Å². The predicted molar refractivity (Wildman–Crippen MR) is 114 cm³/mol. The molecule has 6 nitrogen and oxygen atoms in total. The molecule has 3 aromatic carbocycles. The summed E-state index contributed by atoms with van der Waals surface area (Å²) < 4.78 is 45.9. The van der Waals surface area contributed by atoms with Gasteiger partial charge in [-0.1, -0.05) is 18.2 Å². The summed E-state index contributed by atoms with van der Waals surface area (Å²) in [4.78, 5) is 12.6. The molecule has 0 aliphatic heterocycles. The molecule has 0 aliphatic rings. The lowest BCUT2D eigenvalue weighted by molar-refractivity contribution is -0.114. The first-order valence-corrected chi connectivity index (χ1v) is 10.5. The summed E-state index contributed by atoms with van der Waals surface area (Å²) in [5.41, 5.74) is 1.72. The molecule has 0 saturated heterocycles. The van der Waals surface area contributed by atoms with E-state index < -0.39 is 28.3 Å². The molecule has 8 heteroatoms. The maximum atomic E-state index is 13.3. The second-order valence-corrected chi connectivity index (χ2v) is 8.39. The van der Waals surface area contributed by atoms with E-state index in [-0.39, 0.29) is 10.6 Å². The highest BCUT2D eigenvalue weighted by molar-refractivity contribution is 7.92. The molecular weight excluding hydrogens is 407 g/mol. The molecule has 3 rings (SSSR count). The van der Waals surface area contributed by atoms with Gasteiger partial charge in [-0.05, 0) is 67.1 Å². The Balaban J connectivity index is 1.95. The molecule has 0 spiro atoms. The molecule has 1 N–H and O–H groups in total. The Bertz CT molecular complexity index is 1130. The van der Waals surface area contributed by atoms with Gasteiger partial charge in [-0.15, -0.1) is 0 Å². The number of hydrogen-bond acceptors (Lipinski definition) is 4. The smallest absolute Gasteiger partial charge is 0.264 e. The third kappa shape index (κ3) is 4.77. The highest BCUT2D eigenvalue weighted by atomic mass is 32.2. The van der Waals surface area contributed by atoms with Crippen LogP contribution in [0.5, 0.6) is 5.75 Å². The van der Waals surface area contributed by atoms with E-state index >= 15 is 0 Å². The summed E-state index contributed by atoms with van der Waals surface area (Å²) >= 11 is 0. The van der Waals surface area contributed by atoms with Gasteiger partial charge in [-0.2, -0.15) is 0 Å². The maximum absolute atomic E-state index is 13.3. The summed E-state index contributed by atoms with van der Waals surface area (Å²) in [5, 5.41) is 2.74. The Hall–Kier alpha value is -3.39.